The quantitative estimate of drug-likeness (QED) is 0.394. The second-order valence-electron chi connectivity index (χ2n) is 4.53. The molecule has 1 atom stereocenters. The van der Waals surface area contributed by atoms with Gasteiger partial charge in [0.2, 0.25) is 0 Å². The van der Waals surface area contributed by atoms with Crippen molar-refractivity contribution >= 4 is 0 Å². The van der Waals surface area contributed by atoms with Crippen LogP contribution in [0.1, 0.15) is 0 Å². The molecule has 7 heteroatoms. The summed E-state index contributed by atoms with van der Waals surface area (Å²) in [7, 11) is 0. The van der Waals surface area contributed by atoms with E-state index in [1.807, 2.05) is 0 Å². The number of para-hydroxylation sites is 1. The molecule has 1 rings (SSSR count). The van der Waals surface area contributed by atoms with Gasteiger partial charge in [-0.1, -0.05) is 12.1 Å². The summed E-state index contributed by atoms with van der Waals surface area (Å²) in [6.07, 6.45) is -0.987. The summed E-state index contributed by atoms with van der Waals surface area (Å²) >= 11 is 0. The Balaban J connectivity index is 2.41. The average molecular weight is 289 g/mol. The van der Waals surface area contributed by atoms with E-state index in [9.17, 15) is 9.50 Å². The Kier molecular flexibility index (Phi) is 6.83. The van der Waals surface area contributed by atoms with Gasteiger partial charge in [-0.3, -0.25) is 0 Å². The van der Waals surface area contributed by atoms with Crippen LogP contribution in [0.15, 0.2) is 24.3 Å². The molecule has 0 heterocycles. The van der Waals surface area contributed by atoms with Crippen molar-refractivity contribution in [1.29, 1.82) is 0 Å². The molecule has 20 heavy (non-hydrogen) atoms. The van der Waals surface area contributed by atoms with Crippen LogP contribution in [0.5, 0.6) is 5.75 Å². The Morgan fingerprint density at radius 3 is 2.30 bits per heavy atom. The van der Waals surface area contributed by atoms with Crippen LogP contribution in [0.2, 0.25) is 0 Å². The summed E-state index contributed by atoms with van der Waals surface area (Å²) in [5, 5.41) is 39.6. The predicted octanol–water partition coefficient (Wildman–Crippen LogP) is -1.13. The van der Waals surface area contributed by atoms with E-state index in [0.717, 1.165) is 0 Å². The standard InChI is InChI=1S/C13H20FNO5/c14-11-3-1-2-4-12(11)20-6-10(19)5-15-13(7-16,8-17)9-18/h1-4,10,15-19H,5-9H2. The van der Waals surface area contributed by atoms with Crippen LogP contribution in [0.3, 0.4) is 0 Å². The third-order valence-corrected chi connectivity index (χ3v) is 2.89. The fourth-order valence-corrected chi connectivity index (χ4v) is 1.46. The molecule has 5 N–H and O–H groups in total. The lowest BCUT2D eigenvalue weighted by Gasteiger charge is -2.29. The van der Waals surface area contributed by atoms with Gasteiger partial charge in [-0.05, 0) is 12.1 Å². The lowest BCUT2D eigenvalue weighted by molar-refractivity contribution is 0.0258. The first kappa shape index (κ1) is 16.8. The van der Waals surface area contributed by atoms with Crippen LogP contribution >= 0.6 is 0 Å². The third kappa shape index (κ3) is 4.69. The molecule has 0 aromatic heterocycles. The molecular formula is C13H20FNO5. The van der Waals surface area contributed by atoms with Crippen molar-refractivity contribution in [3.63, 3.8) is 0 Å². The lowest BCUT2D eigenvalue weighted by atomic mass is 10.0. The number of nitrogens with one attached hydrogen (secondary N) is 1. The Morgan fingerprint density at radius 2 is 1.75 bits per heavy atom. The zero-order valence-corrected chi connectivity index (χ0v) is 11.0. The highest BCUT2D eigenvalue weighted by Crippen LogP contribution is 2.15. The molecule has 1 aromatic carbocycles. The van der Waals surface area contributed by atoms with Crippen LogP contribution in [0, 0.1) is 5.82 Å². The molecule has 0 radical (unpaired) electrons. The van der Waals surface area contributed by atoms with E-state index in [0.29, 0.717) is 0 Å². The maximum absolute atomic E-state index is 13.3. The summed E-state index contributed by atoms with van der Waals surface area (Å²) < 4.78 is 18.4. The number of halogens is 1. The molecule has 0 aliphatic rings. The van der Waals surface area contributed by atoms with Crippen molar-refractivity contribution in [3.8, 4) is 5.75 Å². The minimum absolute atomic E-state index is 0.0316. The van der Waals surface area contributed by atoms with Crippen molar-refractivity contribution in [2.24, 2.45) is 0 Å². The van der Waals surface area contributed by atoms with Crippen molar-refractivity contribution in [2.45, 2.75) is 11.6 Å². The normalized spacial score (nSPS) is 13.2. The molecule has 1 unspecified atom stereocenters. The molecule has 0 amide bonds. The van der Waals surface area contributed by atoms with Gasteiger partial charge in [-0.2, -0.15) is 0 Å². The van der Waals surface area contributed by atoms with Gasteiger partial charge >= 0.3 is 0 Å². The fourth-order valence-electron chi connectivity index (χ4n) is 1.46. The van der Waals surface area contributed by atoms with Gasteiger partial charge < -0.3 is 30.5 Å². The maximum Gasteiger partial charge on any atom is 0.165 e. The summed E-state index contributed by atoms with van der Waals surface area (Å²) in [4.78, 5) is 0. The van der Waals surface area contributed by atoms with E-state index < -0.39 is 37.3 Å². The third-order valence-electron chi connectivity index (χ3n) is 2.89. The van der Waals surface area contributed by atoms with Crippen LogP contribution in [-0.2, 0) is 0 Å². The highest BCUT2D eigenvalue weighted by molar-refractivity contribution is 5.23. The molecule has 6 nitrogen and oxygen atoms in total. The zero-order chi connectivity index (χ0) is 15.0. The van der Waals surface area contributed by atoms with Gasteiger partial charge in [0.25, 0.3) is 0 Å². The number of hydrogen-bond donors (Lipinski definition) is 5. The second-order valence-corrected chi connectivity index (χ2v) is 4.53. The Labute approximate surface area is 116 Å². The van der Waals surface area contributed by atoms with Crippen LogP contribution in [-0.4, -0.2) is 65.0 Å². The van der Waals surface area contributed by atoms with Gasteiger partial charge in [0.05, 0.1) is 25.4 Å². The fraction of sp³-hybridized carbons (Fsp3) is 0.538. The maximum atomic E-state index is 13.3. The molecule has 0 saturated heterocycles. The van der Waals surface area contributed by atoms with Crippen molar-refractivity contribution < 1.29 is 29.6 Å². The predicted molar refractivity (Wildman–Crippen MR) is 69.9 cm³/mol. The highest BCUT2D eigenvalue weighted by Gasteiger charge is 2.28. The van der Waals surface area contributed by atoms with E-state index >= 15 is 0 Å². The van der Waals surface area contributed by atoms with E-state index in [2.05, 4.69) is 5.32 Å². The van der Waals surface area contributed by atoms with Crippen LogP contribution < -0.4 is 10.1 Å². The van der Waals surface area contributed by atoms with Gasteiger partial charge in [0.15, 0.2) is 11.6 Å². The Bertz CT molecular complexity index is 392. The molecule has 0 bridgehead atoms. The number of rotatable bonds is 9. The minimum atomic E-state index is -1.26. The minimum Gasteiger partial charge on any atom is -0.488 e. The molecule has 0 spiro atoms. The Hall–Kier alpha value is -1.25. The van der Waals surface area contributed by atoms with Crippen LogP contribution in [0.25, 0.3) is 0 Å². The molecule has 0 fully saturated rings. The van der Waals surface area contributed by atoms with Gasteiger partial charge in [0, 0.05) is 6.54 Å². The topological polar surface area (TPSA) is 102 Å². The van der Waals surface area contributed by atoms with Crippen molar-refractivity contribution in [3.05, 3.63) is 30.1 Å². The lowest BCUT2D eigenvalue weighted by Crippen LogP contribution is -2.57. The smallest absolute Gasteiger partial charge is 0.165 e. The molecule has 114 valence electrons. The number of β-amino-alcohol motifs (C(OH)–C–C–N with tert-alkyl or cyclic N) is 1. The molecular weight excluding hydrogens is 269 g/mol. The molecule has 0 saturated carbocycles. The van der Waals surface area contributed by atoms with E-state index in [-0.39, 0.29) is 18.9 Å². The summed E-state index contributed by atoms with van der Waals surface area (Å²) in [6.45, 7) is -1.65. The van der Waals surface area contributed by atoms with Crippen molar-refractivity contribution in [2.75, 3.05) is 33.0 Å². The first-order valence-electron chi connectivity index (χ1n) is 6.20. The van der Waals surface area contributed by atoms with Crippen molar-refractivity contribution in [1.82, 2.24) is 5.32 Å². The number of aliphatic hydroxyl groups is 4. The molecule has 1 aromatic rings. The summed E-state index contributed by atoms with van der Waals surface area (Å²) in [6, 6.07) is 5.82. The number of hydrogen-bond acceptors (Lipinski definition) is 6. The summed E-state index contributed by atoms with van der Waals surface area (Å²) in [5.41, 5.74) is -1.26. The molecule has 0 aliphatic heterocycles. The second kappa shape index (κ2) is 8.13. The number of aliphatic hydroxyl groups excluding tert-OH is 4. The first-order valence-corrected chi connectivity index (χ1v) is 6.20. The van der Waals surface area contributed by atoms with Gasteiger partial charge in [-0.15, -0.1) is 0 Å². The highest BCUT2D eigenvalue weighted by atomic mass is 19.1. The largest absolute Gasteiger partial charge is 0.488 e. The van der Waals surface area contributed by atoms with E-state index in [1.165, 1.54) is 18.2 Å². The summed E-state index contributed by atoms with van der Waals surface area (Å²) in [5.74, 6) is -0.493. The number of benzene rings is 1. The molecule has 0 aliphatic carbocycles. The van der Waals surface area contributed by atoms with E-state index in [4.69, 9.17) is 20.1 Å². The van der Waals surface area contributed by atoms with E-state index in [1.54, 1.807) is 6.07 Å². The average Bonchev–Trinajstić information content (AvgIpc) is 2.48. The first-order chi connectivity index (χ1) is 9.56. The van der Waals surface area contributed by atoms with Gasteiger partial charge in [-0.25, -0.2) is 4.39 Å². The zero-order valence-electron chi connectivity index (χ0n) is 11.0. The van der Waals surface area contributed by atoms with Gasteiger partial charge in [0.1, 0.15) is 12.7 Å². The Morgan fingerprint density at radius 1 is 1.15 bits per heavy atom. The van der Waals surface area contributed by atoms with Crippen LogP contribution in [0.4, 0.5) is 4.39 Å². The number of ether oxygens (including phenoxy) is 1. The SMILES string of the molecule is OCC(CO)(CO)NCC(O)COc1ccccc1F. The monoisotopic (exact) mass is 289 g/mol.